The van der Waals surface area contributed by atoms with E-state index in [2.05, 4.69) is 15.5 Å². The van der Waals surface area contributed by atoms with E-state index in [1.54, 1.807) is 0 Å². The first-order valence-electron chi connectivity index (χ1n) is 3.88. The maximum absolute atomic E-state index is 10.9. The predicted octanol–water partition coefficient (Wildman–Crippen LogP) is 0.532. The zero-order chi connectivity index (χ0) is 9.14. The van der Waals surface area contributed by atoms with Crippen molar-refractivity contribution in [2.24, 2.45) is 5.92 Å². The van der Waals surface area contributed by atoms with Crippen LogP contribution in [-0.4, -0.2) is 26.0 Å². The van der Waals surface area contributed by atoms with Crippen LogP contribution in [0.15, 0.2) is 0 Å². The monoisotopic (exact) mass is 168 g/mol. The van der Waals surface area contributed by atoms with Crippen LogP contribution >= 0.6 is 0 Å². The molecule has 5 heteroatoms. The third kappa shape index (κ3) is 1.87. The number of carbonyl (C=O) groups is 1. The van der Waals surface area contributed by atoms with Crippen LogP contribution in [0.2, 0.25) is 0 Å². The molecule has 0 radical (unpaired) electrons. The minimum atomic E-state index is -0.0966. The fourth-order valence-electron chi connectivity index (χ4n) is 0.926. The summed E-state index contributed by atoms with van der Waals surface area (Å²) >= 11 is 0. The van der Waals surface area contributed by atoms with Gasteiger partial charge < -0.3 is 0 Å². The van der Waals surface area contributed by atoms with Gasteiger partial charge >= 0.3 is 0 Å². The van der Waals surface area contributed by atoms with E-state index in [1.807, 2.05) is 13.8 Å². The smallest absolute Gasteiger partial charge is 0.217 e. The average molecular weight is 168 g/mol. The van der Waals surface area contributed by atoms with E-state index >= 15 is 0 Å². The number of ketones is 1. The Bertz CT molecular complexity index is 279. The van der Waals surface area contributed by atoms with Crippen molar-refractivity contribution in [2.75, 3.05) is 0 Å². The number of rotatable bonds is 3. The van der Waals surface area contributed by atoms with Crippen LogP contribution < -0.4 is 0 Å². The molecule has 1 aromatic heterocycles. The molecule has 0 aliphatic carbocycles. The van der Waals surface area contributed by atoms with Crippen LogP contribution in [0.4, 0.5) is 0 Å². The van der Waals surface area contributed by atoms with Gasteiger partial charge in [0.05, 0.1) is 0 Å². The van der Waals surface area contributed by atoms with Crippen LogP contribution in [0.1, 0.15) is 31.4 Å². The molecule has 0 bridgehead atoms. The Morgan fingerprint density at radius 2 is 2.25 bits per heavy atom. The van der Waals surface area contributed by atoms with Gasteiger partial charge in [-0.1, -0.05) is 13.8 Å². The molecule has 0 N–H and O–H groups in total. The zero-order valence-electron chi connectivity index (χ0n) is 7.48. The van der Waals surface area contributed by atoms with Gasteiger partial charge in [0.2, 0.25) is 5.82 Å². The second kappa shape index (κ2) is 3.42. The summed E-state index contributed by atoms with van der Waals surface area (Å²) in [6.45, 7) is 6.24. The molecule has 0 aliphatic heterocycles. The summed E-state index contributed by atoms with van der Waals surface area (Å²) in [7, 11) is 0. The van der Waals surface area contributed by atoms with Crippen LogP contribution in [0.5, 0.6) is 0 Å². The van der Waals surface area contributed by atoms with Crippen molar-refractivity contribution < 1.29 is 4.79 Å². The maximum atomic E-state index is 10.9. The summed E-state index contributed by atoms with van der Waals surface area (Å²) in [5, 5.41) is 10.8. The van der Waals surface area contributed by atoms with Gasteiger partial charge in [-0.3, -0.25) is 4.79 Å². The Balaban J connectivity index is 2.84. The third-order valence-electron chi connectivity index (χ3n) is 1.38. The molecule has 1 aromatic rings. The Morgan fingerprint density at radius 3 is 2.75 bits per heavy atom. The molecule has 0 amide bonds. The van der Waals surface area contributed by atoms with Crippen molar-refractivity contribution >= 4 is 5.78 Å². The molecule has 0 aromatic carbocycles. The molecule has 66 valence electrons. The molecular formula is C7H12N4O. The van der Waals surface area contributed by atoms with Crippen molar-refractivity contribution in [1.82, 2.24) is 20.2 Å². The lowest BCUT2D eigenvalue weighted by atomic mass is 10.2. The number of carbonyl (C=O) groups excluding carboxylic acids is 1. The van der Waals surface area contributed by atoms with Crippen molar-refractivity contribution in [3.63, 3.8) is 0 Å². The van der Waals surface area contributed by atoms with E-state index in [0.717, 1.165) is 0 Å². The molecule has 0 spiro atoms. The number of nitrogens with zero attached hydrogens (tertiary/aromatic N) is 4. The van der Waals surface area contributed by atoms with E-state index < -0.39 is 0 Å². The highest BCUT2D eigenvalue weighted by atomic mass is 16.1. The quantitative estimate of drug-likeness (QED) is 0.618. The lowest BCUT2D eigenvalue weighted by Gasteiger charge is -2.04. The van der Waals surface area contributed by atoms with E-state index in [-0.39, 0.29) is 5.78 Å². The standard InChI is InChI=1S/C7H12N4O/c1-5(2)4-11-7(6(3)12)8-9-10-11/h5H,4H2,1-3H3. The highest BCUT2D eigenvalue weighted by Gasteiger charge is 2.10. The molecule has 0 aliphatic rings. The molecule has 0 saturated carbocycles. The summed E-state index contributed by atoms with van der Waals surface area (Å²) in [5.74, 6) is 0.677. The van der Waals surface area contributed by atoms with Gasteiger partial charge in [-0.15, -0.1) is 5.10 Å². The van der Waals surface area contributed by atoms with Crippen molar-refractivity contribution in [2.45, 2.75) is 27.3 Å². The summed E-state index contributed by atoms with van der Waals surface area (Å²) < 4.78 is 1.53. The Labute approximate surface area is 70.8 Å². The number of tetrazole rings is 1. The van der Waals surface area contributed by atoms with Gasteiger partial charge in [0.15, 0.2) is 5.78 Å². The van der Waals surface area contributed by atoms with Gasteiger partial charge in [-0.25, -0.2) is 4.68 Å². The zero-order valence-corrected chi connectivity index (χ0v) is 7.48. The number of hydrogen-bond donors (Lipinski definition) is 0. The third-order valence-corrected chi connectivity index (χ3v) is 1.38. The second-order valence-corrected chi connectivity index (χ2v) is 3.13. The lowest BCUT2D eigenvalue weighted by molar-refractivity contribution is 0.0997. The Kier molecular flexibility index (Phi) is 2.52. The molecule has 0 fully saturated rings. The van der Waals surface area contributed by atoms with Gasteiger partial charge in [-0.2, -0.15) is 0 Å². The van der Waals surface area contributed by atoms with Gasteiger partial charge in [-0.05, 0) is 16.3 Å². The second-order valence-electron chi connectivity index (χ2n) is 3.13. The summed E-state index contributed by atoms with van der Waals surface area (Å²) in [4.78, 5) is 10.9. The van der Waals surface area contributed by atoms with Gasteiger partial charge in [0.25, 0.3) is 0 Å². The summed E-state index contributed by atoms with van der Waals surface area (Å²) in [5.41, 5.74) is 0. The molecule has 1 rings (SSSR count). The summed E-state index contributed by atoms with van der Waals surface area (Å²) in [6.07, 6.45) is 0. The van der Waals surface area contributed by atoms with E-state index in [1.165, 1.54) is 11.6 Å². The molecule has 0 atom stereocenters. The van der Waals surface area contributed by atoms with E-state index in [0.29, 0.717) is 18.3 Å². The fraction of sp³-hybridized carbons (Fsp3) is 0.714. The number of aromatic nitrogens is 4. The summed E-state index contributed by atoms with van der Waals surface area (Å²) in [6, 6.07) is 0. The predicted molar refractivity (Wildman–Crippen MR) is 42.7 cm³/mol. The first-order chi connectivity index (χ1) is 5.61. The Hall–Kier alpha value is -1.26. The topological polar surface area (TPSA) is 60.7 Å². The minimum Gasteiger partial charge on any atom is -0.291 e. The van der Waals surface area contributed by atoms with Crippen LogP contribution in [0, 0.1) is 5.92 Å². The van der Waals surface area contributed by atoms with Gasteiger partial charge in [0.1, 0.15) is 0 Å². The Morgan fingerprint density at radius 1 is 1.58 bits per heavy atom. The van der Waals surface area contributed by atoms with Crippen molar-refractivity contribution in [3.8, 4) is 0 Å². The molecule has 0 unspecified atom stereocenters. The first kappa shape index (κ1) is 8.83. The normalized spacial score (nSPS) is 10.7. The average Bonchev–Trinajstić information content (AvgIpc) is 2.33. The minimum absolute atomic E-state index is 0.0966. The maximum Gasteiger partial charge on any atom is 0.217 e. The molecule has 1 heterocycles. The van der Waals surface area contributed by atoms with Crippen LogP contribution in [-0.2, 0) is 6.54 Å². The SMILES string of the molecule is CC(=O)c1nnnn1CC(C)C. The molecule has 5 nitrogen and oxygen atoms in total. The van der Waals surface area contributed by atoms with Crippen molar-refractivity contribution in [1.29, 1.82) is 0 Å². The number of hydrogen-bond acceptors (Lipinski definition) is 4. The van der Waals surface area contributed by atoms with Crippen LogP contribution in [0.25, 0.3) is 0 Å². The highest BCUT2D eigenvalue weighted by molar-refractivity contribution is 5.90. The van der Waals surface area contributed by atoms with Crippen molar-refractivity contribution in [3.05, 3.63) is 5.82 Å². The number of Topliss-reactive ketones (excluding diaryl/α,β-unsaturated/α-hetero) is 1. The van der Waals surface area contributed by atoms with Crippen LogP contribution in [0.3, 0.4) is 0 Å². The van der Waals surface area contributed by atoms with Gasteiger partial charge in [0, 0.05) is 13.5 Å². The molecule has 12 heavy (non-hydrogen) atoms. The highest BCUT2D eigenvalue weighted by Crippen LogP contribution is 1.99. The van der Waals surface area contributed by atoms with E-state index in [4.69, 9.17) is 0 Å². The first-order valence-corrected chi connectivity index (χ1v) is 3.88. The lowest BCUT2D eigenvalue weighted by Crippen LogP contribution is -2.12. The van der Waals surface area contributed by atoms with E-state index in [9.17, 15) is 4.79 Å². The molecular weight excluding hydrogens is 156 g/mol. The molecule has 0 saturated heterocycles. The fourth-order valence-corrected chi connectivity index (χ4v) is 0.926. The largest absolute Gasteiger partial charge is 0.291 e.